The van der Waals surface area contributed by atoms with Gasteiger partial charge in [0.1, 0.15) is 5.69 Å². The summed E-state index contributed by atoms with van der Waals surface area (Å²) in [5.74, 6) is -0.830. The van der Waals surface area contributed by atoms with Crippen molar-refractivity contribution in [1.82, 2.24) is 5.16 Å². The average Bonchev–Trinajstić information content (AvgIpc) is 3.03. The van der Waals surface area contributed by atoms with Crippen molar-refractivity contribution in [3.05, 3.63) is 60.3 Å². The zero-order valence-electron chi connectivity index (χ0n) is 13.1. The van der Waals surface area contributed by atoms with Gasteiger partial charge >= 0.3 is 5.97 Å². The zero-order chi connectivity index (χ0) is 16.9. The third-order valence-corrected chi connectivity index (χ3v) is 3.64. The molecule has 0 N–H and O–H groups in total. The Morgan fingerprint density at radius 2 is 1.79 bits per heavy atom. The maximum absolute atomic E-state index is 12.1. The van der Waals surface area contributed by atoms with Gasteiger partial charge in [-0.05, 0) is 24.3 Å². The van der Waals surface area contributed by atoms with Crippen LogP contribution in [0.3, 0.4) is 0 Å². The molecule has 0 aliphatic carbocycles. The number of hydrogen-bond acceptors (Lipinski definition) is 5. The quantitative estimate of drug-likeness (QED) is 0.675. The molecule has 122 valence electrons. The van der Waals surface area contributed by atoms with E-state index in [-0.39, 0.29) is 18.9 Å². The Hall–Kier alpha value is -3.15. The van der Waals surface area contributed by atoms with E-state index in [0.29, 0.717) is 11.3 Å². The molecule has 6 heteroatoms. The molecule has 3 aromatic rings. The Bertz CT molecular complexity index is 858. The maximum atomic E-state index is 12.1. The molecule has 0 bridgehead atoms. The van der Waals surface area contributed by atoms with Gasteiger partial charge in [0, 0.05) is 18.1 Å². The number of ether oxygens (including phenoxy) is 1. The van der Waals surface area contributed by atoms with Crippen LogP contribution < -0.4 is 4.90 Å². The lowest BCUT2D eigenvalue weighted by molar-refractivity contribution is -0.147. The van der Waals surface area contributed by atoms with Crippen molar-refractivity contribution in [2.24, 2.45) is 0 Å². The summed E-state index contributed by atoms with van der Waals surface area (Å²) in [6.07, 6.45) is -0.0423. The standard InChI is InChI=1S/C18H16N2O4/c1-20(13-7-3-2-4-8-13)17(21)12-23-18(22)11-15-14-9-5-6-10-16(14)24-19-15/h2-10H,11-12H2,1H3. The molecule has 0 spiro atoms. The van der Waals surface area contributed by atoms with Crippen molar-refractivity contribution < 1.29 is 18.8 Å². The van der Waals surface area contributed by atoms with Gasteiger partial charge < -0.3 is 14.2 Å². The molecule has 0 fully saturated rings. The average molecular weight is 324 g/mol. The summed E-state index contributed by atoms with van der Waals surface area (Å²) in [7, 11) is 1.64. The topological polar surface area (TPSA) is 72.6 Å². The monoisotopic (exact) mass is 324 g/mol. The molecule has 0 radical (unpaired) electrons. The molecule has 0 atom stereocenters. The number of para-hydroxylation sites is 2. The Labute approximate surface area is 138 Å². The Kier molecular flexibility index (Phi) is 4.56. The Morgan fingerprint density at radius 3 is 2.58 bits per heavy atom. The van der Waals surface area contributed by atoms with Gasteiger partial charge in [-0.3, -0.25) is 9.59 Å². The highest BCUT2D eigenvalue weighted by Crippen LogP contribution is 2.18. The van der Waals surface area contributed by atoms with Crippen LogP contribution >= 0.6 is 0 Å². The summed E-state index contributed by atoms with van der Waals surface area (Å²) in [6, 6.07) is 16.4. The van der Waals surface area contributed by atoms with Crippen molar-refractivity contribution in [3.63, 3.8) is 0 Å². The summed E-state index contributed by atoms with van der Waals surface area (Å²) >= 11 is 0. The molecule has 1 aromatic heterocycles. The summed E-state index contributed by atoms with van der Waals surface area (Å²) in [4.78, 5) is 25.5. The van der Waals surface area contributed by atoms with Crippen molar-refractivity contribution >= 4 is 28.5 Å². The largest absolute Gasteiger partial charge is 0.455 e. The number of amides is 1. The van der Waals surface area contributed by atoms with E-state index < -0.39 is 5.97 Å². The normalized spacial score (nSPS) is 10.5. The van der Waals surface area contributed by atoms with Crippen LogP contribution in [0.1, 0.15) is 5.69 Å². The summed E-state index contributed by atoms with van der Waals surface area (Å²) < 4.78 is 10.2. The van der Waals surface area contributed by atoms with Gasteiger partial charge in [0.15, 0.2) is 12.2 Å². The van der Waals surface area contributed by atoms with Gasteiger partial charge in [-0.15, -0.1) is 0 Å². The number of aromatic nitrogens is 1. The first-order valence-electron chi connectivity index (χ1n) is 7.45. The number of carbonyl (C=O) groups excluding carboxylic acids is 2. The molecule has 0 unspecified atom stereocenters. The molecule has 6 nitrogen and oxygen atoms in total. The lowest BCUT2D eigenvalue weighted by Crippen LogP contribution is -2.31. The number of rotatable bonds is 5. The molecule has 1 amide bonds. The molecule has 24 heavy (non-hydrogen) atoms. The molecule has 2 aromatic carbocycles. The number of esters is 1. The first-order valence-corrected chi connectivity index (χ1v) is 7.45. The van der Waals surface area contributed by atoms with Gasteiger partial charge in [0.25, 0.3) is 5.91 Å². The van der Waals surface area contributed by atoms with Crippen LogP contribution in [-0.2, 0) is 20.7 Å². The van der Waals surface area contributed by atoms with Crippen LogP contribution in [0, 0.1) is 0 Å². The van der Waals surface area contributed by atoms with Crippen LogP contribution in [0.5, 0.6) is 0 Å². The van der Waals surface area contributed by atoms with Gasteiger partial charge in [0.05, 0.1) is 6.42 Å². The van der Waals surface area contributed by atoms with E-state index in [1.807, 2.05) is 36.4 Å². The third-order valence-electron chi connectivity index (χ3n) is 3.64. The van der Waals surface area contributed by atoms with Crippen molar-refractivity contribution in [1.29, 1.82) is 0 Å². The third kappa shape index (κ3) is 3.43. The molecule has 0 aliphatic heterocycles. The summed E-state index contributed by atoms with van der Waals surface area (Å²) in [5, 5.41) is 4.64. The Morgan fingerprint density at radius 1 is 1.08 bits per heavy atom. The van der Waals surface area contributed by atoms with E-state index in [4.69, 9.17) is 9.26 Å². The van der Waals surface area contributed by atoms with Crippen LogP contribution in [0.15, 0.2) is 59.1 Å². The highest BCUT2D eigenvalue weighted by molar-refractivity contribution is 5.95. The van der Waals surface area contributed by atoms with Gasteiger partial charge in [0.2, 0.25) is 0 Å². The summed E-state index contributed by atoms with van der Waals surface area (Å²) in [5.41, 5.74) is 1.85. The first kappa shape index (κ1) is 15.7. The number of fused-ring (bicyclic) bond motifs is 1. The van der Waals surface area contributed by atoms with Crippen LogP contribution in [-0.4, -0.2) is 30.7 Å². The number of benzene rings is 2. The number of anilines is 1. The minimum Gasteiger partial charge on any atom is -0.455 e. The lowest BCUT2D eigenvalue weighted by atomic mass is 10.2. The fraction of sp³-hybridized carbons (Fsp3) is 0.167. The molecule has 0 aliphatic rings. The molecule has 0 saturated carbocycles. The second kappa shape index (κ2) is 6.95. The molecular weight excluding hydrogens is 308 g/mol. The highest BCUT2D eigenvalue weighted by Gasteiger charge is 2.16. The lowest BCUT2D eigenvalue weighted by Gasteiger charge is -2.16. The smallest absolute Gasteiger partial charge is 0.312 e. The minimum absolute atomic E-state index is 0.0423. The number of likely N-dealkylation sites (N-methyl/N-ethyl adjacent to an activating group) is 1. The van der Waals surface area contributed by atoms with E-state index in [1.165, 1.54) is 4.90 Å². The van der Waals surface area contributed by atoms with Gasteiger partial charge in [-0.1, -0.05) is 35.5 Å². The van der Waals surface area contributed by atoms with Crippen molar-refractivity contribution in [2.45, 2.75) is 6.42 Å². The van der Waals surface area contributed by atoms with Crippen molar-refractivity contribution in [3.8, 4) is 0 Å². The van der Waals surface area contributed by atoms with E-state index >= 15 is 0 Å². The first-order chi connectivity index (χ1) is 11.6. The van der Waals surface area contributed by atoms with Crippen LogP contribution in [0.4, 0.5) is 5.69 Å². The van der Waals surface area contributed by atoms with Gasteiger partial charge in [-0.2, -0.15) is 0 Å². The second-order valence-corrected chi connectivity index (χ2v) is 5.25. The Balaban J connectivity index is 1.57. The number of hydrogen-bond donors (Lipinski definition) is 0. The SMILES string of the molecule is CN(C(=O)COC(=O)Cc1noc2ccccc12)c1ccccc1. The van der Waals surface area contributed by atoms with E-state index in [1.54, 1.807) is 25.2 Å². The molecule has 0 saturated heterocycles. The highest BCUT2D eigenvalue weighted by atomic mass is 16.5. The van der Waals surface area contributed by atoms with Crippen molar-refractivity contribution in [2.75, 3.05) is 18.6 Å². The molecule has 1 heterocycles. The van der Waals surface area contributed by atoms with Crippen LogP contribution in [0.2, 0.25) is 0 Å². The molecular formula is C18H16N2O4. The molecule has 3 rings (SSSR count). The number of nitrogens with zero attached hydrogens (tertiary/aromatic N) is 2. The van der Waals surface area contributed by atoms with Gasteiger partial charge in [-0.25, -0.2) is 0 Å². The van der Waals surface area contributed by atoms with E-state index in [0.717, 1.165) is 11.1 Å². The van der Waals surface area contributed by atoms with E-state index in [2.05, 4.69) is 5.16 Å². The minimum atomic E-state index is -0.524. The predicted octanol–water partition coefficient (Wildman–Crippen LogP) is 2.58. The van der Waals surface area contributed by atoms with E-state index in [9.17, 15) is 9.59 Å². The fourth-order valence-electron chi connectivity index (χ4n) is 2.29. The zero-order valence-corrected chi connectivity index (χ0v) is 13.1. The predicted molar refractivity (Wildman–Crippen MR) is 88.5 cm³/mol. The second-order valence-electron chi connectivity index (χ2n) is 5.25. The maximum Gasteiger partial charge on any atom is 0.312 e. The number of carbonyl (C=O) groups is 2. The van der Waals surface area contributed by atoms with Crippen LogP contribution in [0.25, 0.3) is 11.0 Å². The summed E-state index contributed by atoms with van der Waals surface area (Å²) in [6.45, 7) is -0.319. The fourth-order valence-corrected chi connectivity index (χ4v) is 2.29.